The molecule has 3 heterocycles. The molecule has 1 fully saturated rings. The normalized spacial score (nSPS) is 14.3. The predicted octanol–water partition coefficient (Wildman–Crippen LogP) is 5.18. The number of hydrogen-bond donors (Lipinski definition) is 2. The number of aliphatic hydroxyl groups excluding tert-OH is 1. The molecule has 32 heavy (non-hydrogen) atoms. The number of rotatable bonds is 10. The van der Waals surface area contributed by atoms with E-state index in [-0.39, 0.29) is 6.61 Å². The van der Waals surface area contributed by atoms with Crippen LogP contribution in [0, 0.1) is 5.92 Å². The van der Waals surface area contributed by atoms with Crippen molar-refractivity contribution in [3.05, 3.63) is 52.9 Å². The van der Waals surface area contributed by atoms with Gasteiger partial charge in [0.05, 0.1) is 23.5 Å². The number of hydrogen-bond acceptors (Lipinski definition) is 7. The van der Waals surface area contributed by atoms with E-state index < -0.39 is 10.0 Å². The highest BCUT2D eigenvalue weighted by Gasteiger charge is 2.33. The van der Waals surface area contributed by atoms with E-state index in [2.05, 4.69) is 9.97 Å². The molecule has 0 atom stereocenters. The molecule has 3 aromatic heterocycles. The van der Waals surface area contributed by atoms with Crippen LogP contribution in [-0.2, 0) is 15.8 Å². The van der Waals surface area contributed by atoms with E-state index in [0.717, 1.165) is 45.1 Å². The number of nitrogens with one attached hydrogen (secondary N) is 1. The van der Waals surface area contributed by atoms with Crippen LogP contribution in [0.2, 0.25) is 0 Å². The molecule has 0 radical (unpaired) electrons. The number of thiazole rings is 1. The Morgan fingerprint density at radius 3 is 2.88 bits per heavy atom. The lowest BCUT2D eigenvalue weighted by atomic mass is 10.2. The van der Waals surface area contributed by atoms with Gasteiger partial charge < -0.3 is 10.1 Å². The van der Waals surface area contributed by atoms with Crippen molar-refractivity contribution in [1.29, 1.82) is 0 Å². The third-order valence-corrected chi connectivity index (χ3v) is 10.7. The summed E-state index contributed by atoms with van der Waals surface area (Å²) in [7, 11) is -3.63. The first-order valence-corrected chi connectivity index (χ1v) is 14.7. The van der Waals surface area contributed by atoms with Crippen LogP contribution in [0.4, 0.5) is 5.69 Å². The van der Waals surface area contributed by atoms with Crippen LogP contribution in [0.3, 0.4) is 0 Å². The monoisotopic (exact) mass is 505 g/mol. The zero-order valence-corrected chi connectivity index (χ0v) is 20.5. The zero-order valence-electron chi connectivity index (χ0n) is 17.2. The van der Waals surface area contributed by atoms with Crippen LogP contribution in [0.5, 0.6) is 0 Å². The highest BCUT2D eigenvalue weighted by Crippen LogP contribution is 2.39. The number of thioether (sulfide) groups is 1. The lowest BCUT2D eigenvalue weighted by Gasteiger charge is -2.24. The van der Waals surface area contributed by atoms with Gasteiger partial charge in [0.15, 0.2) is 0 Å². The van der Waals surface area contributed by atoms with Gasteiger partial charge in [-0.2, -0.15) is 11.8 Å². The standard InChI is InChI=1S/C22H23N3O3S4/c26-8-10-29-14-17-12-23-22(31-17)18-11-16-3-1-4-19(21(16)24-18)25(13-15-6-7-15)32(27,28)20-5-2-9-30-20/h1-5,9,11-12,15,24,26H,6-8,10,13-14H2. The molecule has 2 N–H and O–H groups in total. The number of aromatic nitrogens is 2. The van der Waals surface area contributed by atoms with Crippen LogP contribution >= 0.6 is 34.4 Å². The molecular weight excluding hydrogens is 483 g/mol. The summed E-state index contributed by atoms with van der Waals surface area (Å²) in [6.45, 7) is 0.671. The van der Waals surface area contributed by atoms with Crippen LogP contribution in [0.15, 0.2) is 52.2 Å². The highest BCUT2D eigenvalue weighted by molar-refractivity contribution is 7.98. The third-order valence-electron chi connectivity index (χ3n) is 5.33. The van der Waals surface area contributed by atoms with Crippen molar-refractivity contribution >= 4 is 61.0 Å². The van der Waals surface area contributed by atoms with Crippen molar-refractivity contribution in [2.75, 3.05) is 23.2 Å². The topological polar surface area (TPSA) is 86.3 Å². The Bertz CT molecular complexity index is 1310. The number of thiophene rings is 1. The number of nitrogens with zero attached hydrogens (tertiary/aromatic N) is 2. The molecule has 1 saturated carbocycles. The van der Waals surface area contributed by atoms with Gasteiger partial charge >= 0.3 is 0 Å². The summed E-state index contributed by atoms with van der Waals surface area (Å²) < 4.78 is 28.9. The Kier molecular flexibility index (Phi) is 6.31. The minimum Gasteiger partial charge on any atom is -0.396 e. The summed E-state index contributed by atoms with van der Waals surface area (Å²) in [5, 5.41) is 12.6. The van der Waals surface area contributed by atoms with E-state index in [4.69, 9.17) is 5.11 Å². The van der Waals surface area contributed by atoms with E-state index in [1.165, 1.54) is 11.3 Å². The maximum Gasteiger partial charge on any atom is 0.273 e. The van der Waals surface area contributed by atoms with Gasteiger partial charge in [-0.15, -0.1) is 22.7 Å². The van der Waals surface area contributed by atoms with Crippen LogP contribution in [0.25, 0.3) is 21.6 Å². The van der Waals surface area contributed by atoms with Crippen LogP contribution in [-0.4, -0.2) is 42.4 Å². The fourth-order valence-corrected chi connectivity index (χ4v) is 7.95. The molecular formula is C22H23N3O3S4. The van der Waals surface area contributed by atoms with E-state index >= 15 is 0 Å². The number of aliphatic hydroxyl groups is 1. The van der Waals surface area contributed by atoms with E-state index in [9.17, 15) is 8.42 Å². The van der Waals surface area contributed by atoms with E-state index in [1.54, 1.807) is 44.9 Å². The summed E-state index contributed by atoms with van der Waals surface area (Å²) in [5.74, 6) is 1.93. The van der Waals surface area contributed by atoms with Crippen molar-refractivity contribution in [2.45, 2.75) is 22.8 Å². The molecule has 5 rings (SSSR count). The number of benzene rings is 1. The molecule has 1 aliphatic rings. The number of fused-ring (bicyclic) bond motifs is 1. The summed E-state index contributed by atoms with van der Waals surface area (Å²) in [6.07, 6.45) is 4.01. The number of para-hydroxylation sites is 1. The molecule has 10 heteroatoms. The number of aromatic amines is 1. The van der Waals surface area contributed by atoms with Crippen molar-refractivity contribution in [1.82, 2.24) is 9.97 Å². The molecule has 0 saturated heterocycles. The van der Waals surface area contributed by atoms with Crippen LogP contribution < -0.4 is 4.31 Å². The highest BCUT2D eigenvalue weighted by atomic mass is 32.2. The summed E-state index contributed by atoms with van der Waals surface area (Å²) in [5.41, 5.74) is 2.38. The first-order valence-electron chi connectivity index (χ1n) is 10.4. The average molecular weight is 506 g/mol. The van der Waals surface area contributed by atoms with Gasteiger partial charge in [0.2, 0.25) is 0 Å². The first-order chi connectivity index (χ1) is 15.6. The SMILES string of the molecule is O=S(=O)(c1cccs1)N(CC1CC1)c1cccc2cc(-c3ncc(CSCCO)s3)[nH]c12. The number of sulfonamides is 1. The largest absolute Gasteiger partial charge is 0.396 e. The zero-order chi connectivity index (χ0) is 22.1. The van der Waals surface area contributed by atoms with Crippen molar-refractivity contribution in [2.24, 2.45) is 5.92 Å². The Balaban J connectivity index is 1.52. The fraction of sp³-hybridized carbons (Fsp3) is 0.318. The second-order valence-electron chi connectivity index (χ2n) is 7.74. The van der Waals surface area contributed by atoms with Crippen LogP contribution in [0.1, 0.15) is 17.7 Å². The quantitative estimate of drug-likeness (QED) is 0.290. The number of H-pyrrole nitrogens is 1. The second kappa shape index (κ2) is 9.18. The van der Waals surface area contributed by atoms with Crippen molar-refractivity contribution in [3.8, 4) is 10.7 Å². The summed E-state index contributed by atoms with van der Waals surface area (Å²) >= 11 is 4.54. The molecule has 4 aromatic rings. The minimum atomic E-state index is -3.63. The Hall–Kier alpha value is -1.85. The second-order valence-corrected chi connectivity index (χ2v) is 13.0. The van der Waals surface area contributed by atoms with Gasteiger partial charge in [0.1, 0.15) is 9.22 Å². The van der Waals surface area contributed by atoms with Gasteiger partial charge in [-0.05, 0) is 42.3 Å². The third kappa shape index (κ3) is 4.47. The minimum absolute atomic E-state index is 0.173. The smallest absolute Gasteiger partial charge is 0.273 e. The summed E-state index contributed by atoms with van der Waals surface area (Å²) in [4.78, 5) is 9.16. The molecule has 0 unspecified atom stereocenters. The lowest BCUT2D eigenvalue weighted by molar-refractivity contribution is 0.322. The first kappa shape index (κ1) is 22.0. The van der Waals surface area contributed by atoms with E-state index in [1.807, 2.05) is 30.5 Å². The molecule has 0 spiro atoms. The molecule has 6 nitrogen and oxygen atoms in total. The Morgan fingerprint density at radius 2 is 2.12 bits per heavy atom. The molecule has 0 amide bonds. The molecule has 168 valence electrons. The maximum atomic E-state index is 13.5. The van der Waals surface area contributed by atoms with Gasteiger partial charge in [-0.1, -0.05) is 18.2 Å². The Labute approximate surface area is 199 Å². The van der Waals surface area contributed by atoms with E-state index in [0.29, 0.717) is 28.1 Å². The number of anilines is 1. The Morgan fingerprint density at radius 1 is 1.25 bits per heavy atom. The molecule has 0 bridgehead atoms. The van der Waals surface area contributed by atoms with Gasteiger partial charge in [-0.25, -0.2) is 13.4 Å². The lowest BCUT2D eigenvalue weighted by Crippen LogP contribution is -2.32. The predicted molar refractivity (Wildman–Crippen MR) is 134 cm³/mol. The average Bonchev–Trinajstić information content (AvgIpc) is 3.21. The maximum absolute atomic E-state index is 13.5. The van der Waals surface area contributed by atoms with Crippen molar-refractivity contribution < 1.29 is 13.5 Å². The molecule has 1 aromatic carbocycles. The molecule has 0 aliphatic heterocycles. The fourth-order valence-electron chi connectivity index (χ4n) is 3.58. The van der Waals surface area contributed by atoms with Gasteiger partial charge in [-0.3, -0.25) is 4.31 Å². The van der Waals surface area contributed by atoms with Gasteiger partial charge in [0, 0.05) is 34.5 Å². The van der Waals surface area contributed by atoms with Gasteiger partial charge in [0.25, 0.3) is 10.0 Å². The van der Waals surface area contributed by atoms with Crippen molar-refractivity contribution in [3.63, 3.8) is 0 Å². The molecule has 1 aliphatic carbocycles. The summed E-state index contributed by atoms with van der Waals surface area (Å²) in [6, 6.07) is 11.3.